The van der Waals surface area contributed by atoms with E-state index in [4.69, 9.17) is 28.3 Å². The molecule has 1 aliphatic rings. The van der Waals surface area contributed by atoms with Crippen molar-refractivity contribution in [2.45, 2.75) is 19.3 Å². The fraction of sp³-hybridized carbons (Fsp3) is 0.562. The topological polar surface area (TPSA) is 74.7 Å². The molecule has 134 valence electrons. The van der Waals surface area contributed by atoms with Crippen LogP contribution in [0.25, 0.3) is 0 Å². The number of benzene rings is 1. The molecule has 1 heterocycles. The molecule has 0 unspecified atom stereocenters. The maximum atomic E-state index is 11.6. The van der Waals surface area contributed by atoms with Gasteiger partial charge in [0.2, 0.25) is 0 Å². The monoisotopic (exact) mass is 393 g/mol. The quantitative estimate of drug-likeness (QED) is 0.770. The summed E-state index contributed by atoms with van der Waals surface area (Å²) in [6.07, 6.45) is 2.79. The van der Waals surface area contributed by atoms with Crippen molar-refractivity contribution in [2.24, 2.45) is 5.92 Å². The normalized spacial score (nSPS) is 17.1. The summed E-state index contributed by atoms with van der Waals surface area (Å²) in [7, 11) is -3.53. The van der Waals surface area contributed by atoms with Crippen LogP contribution in [0.3, 0.4) is 0 Å². The van der Waals surface area contributed by atoms with E-state index in [0.717, 1.165) is 42.9 Å². The number of halogens is 2. The van der Waals surface area contributed by atoms with Gasteiger partial charge >= 0.3 is 5.97 Å². The minimum absolute atomic E-state index is 0.107. The Morgan fingerprint density at radius 1 is 1.25 bits per heavy atom. The Balaban J connectivity index is 1.79. The van der Waals surface area contributed by atoms with Crippen molar-refractivity contribution < 1.29 is 18.3 Å². The SMILES string of the molecule is O=C(O)CS(=O)(=O)CCN1CCC(Cc2cc(Cl)ccc2Cl)CC1. The van der Waals surface area contributed by atoms with Gasteiger partial charge in [-0.3, -0.25) is 4.79 Å². The summed E-state index contributed by atoms with van der Waals surface area (Å²) in [5.74, 6) is -1.71. The number of aliphatic carboxylic acids is 1. The first-order valence-corrected chi connectivity index (χ1v) is 10.4. The highest BCUT2D eigenvalue weighted by molar-refractivity contribution is 7.92. The van der Waals surface area contributed by atoms with E-state index in [1.165, 1.54) is 0 Å². The van der Waals surface area contributed by atoms with Gasteiger partial charge in [-0.2, -0.15) is 0 Å². The van der Waals surface area contributed by atoms with E-state index in [-0.39, 0.29) is 5.75 Å². The van der Waals surface area contributed by atoms with Crippen LogP contribution in [-0.2, 0) is 21.1 Å². The lowest BCUT2D eigenvalue weighted by Gasteiger charge is -2.32. The summed E-state index contributed by atoms with van der Waals surface area (Å²) in [5.41, 5.74) is 1.05. The van der Waals surface area contributed by atoms with Crippen LogP contribution in [0.1, 0.15) is 18.4 Å². The van der Waals surface area contributed by atoms with Crippen molar-refractivity contribution in [1.82, 2.24) is 4.90 Å². The van der Waals surface area contributed by atoms with E-state index in [2.05, 4.69) is 4.90 Å². The molecule has 0 amide bonds. The van der Waals surface area contributed by atoms with Gasteiger partial charge in [-0.1, -0.05) is 23.2 Å². The second-order valence-corrected chi connectivity index (χ2v) is 9.24. The highest BCUT2D eigenvalue weighted by atomic mass is 35.5. The zero-order chi connectivity index (χ0) is 17.7. The minimum Gasteiger partial charge on any atom is -0.480 e. The van der Waals surface area contributed by atoms with Gasteiger partial charge < -0.3 is 10.0 Å². The van der Waals surface area contributed by atoms with Gasteiger partial charge in [0.05, 0.1) is 5.75 Å². The molecular weight excluding hydrogens is 373 g/mol. The van der Waals surface area contributed by atoms with Gasteiger partial charge in [0, 0.05) is 16.6 Å². The van der Waals surface area contributed by atoms with Gasteiger partial charge in [0.1, 0.15) is 5.75 Å². The number of carboxylic acids is 1. The number of rotatable bonds is 7. The van der Waals surface area contributed by atoms with Crippen molar-refractivity contribution in [3.05, 3.63) is 33.8 Å². The summed E-state index contributed by atoms with van der Waals surface area (Å²) >= 11 is 12.2. The van der Waals surface area contributed by atoms with Crippen molar-refractivity contribution in [2.75, 3.05) is 31.1 Å². The highest BCUT2D eigenvalue weighted by Crippen LogP contribution is 2.27. The second kappa shape index (κ2) is 8.52. The fourth-order valence-corrected chi connectivity index (χ4v) is 4.40. The molecule has 1 aromatic rings. The van der Waals surface area contributed by atoms with Crippen LogP contribution in [0.15, 0.2) is 18.2 Å². The number of sulfone groups is 1. The smallest absolute Gasteiger partial charge is 0.318 e. The van der Waals surface area contributed by atoms with E-state index in [1.54, 1.807) is 6.07 Å². The predicted molar refractivity (Wildman–Crippen MR) is 95.6 cm³/mol. The Bertz CT molecular complexity index is 685. The lowest BCUT2D eigenvalue weighted by Crippen LogP contribution is -2.38. The van der Waals surface area contributed by atoms with Crippen LogP contribution in [0.2, 0.25) is 10.0 Å². The van der Waals surface area contributed by atoms with Crippen molar-refractivity contribution >= 4 is 39.0 Å². The molecule has 0 bridgehead atoms. The summed E-state index contributed by atoms with van der Waals surface area (Å²) < 4.78 is 23.2. The van der Waals surface area contributed by atoms with Crippen LogP contribution in [0, 0.1) is 5.92 Å². The molecule has 0 spiro atoms. The number of hydrogen-bond donors (Lipinski definition) is 1. The maximum absolute atomic E-state index is 11.6. The molecule has 1 N–H and O–H groups in total. The van der Waals surface area contributed by atoms with Crippen LogP contribution in [0.4, 0.5) is 0 Å². The highest BCUT2D eigenvalue weighted by Gasteiger charge is 2.23. The number of carbonyl (C=O) groups is 1. The largest absolute Gasteiger partial charge is 0.480 e. The Kier molecular flexibility index (Phi) is 6.92. The standard InChI is InChI=1S/C16H21Cl2NO4S/c17-14-1-2-15(18)13(10-14)9-12-3-5-19(6-4-12)7-8-24(22,23)11-16(20)21/h1-2,10,12H,3-9,11H2,(H,20,21). The number of hydrogen-bond acceptors (Lipinski definition) is 4. The molecule has 8 heteroatoms. The van der Waals surface area contributed by atoms with E-state index in [9.17, 15) is 13.2 Å². The van der Waals surface area contributed by atoms with Gasteiger partial charge in [-0.15, -0.1) is 0 Å². The molecular formula is C16H21Cl2NO4S. The van der Waals surface area contributed by atoms with Crippen molar-refractivity contribution in [3.8, 4) is 0 Å². The average molecular weight is 394 g/mol. The van der Waals surface area contributed by atoms with E-state index >= 15 is 0 Å². The molecule has 1 fully saturated rings. The second-order valence-electron chi connectivity index (χ2n) is 6.21. The first kappa shape index (κ1) is 19.5. The van der Waals surface area contributed by atoms with Crippen LogP contribution in [0.5, 0.6) is 0 Å². The molecule has 0 atom stereocenters. The van der Waals surface area contributed by atoms with Gasteiger partial charge in [-0.25, -0.2) is 8.42 Å². The number of nitrogens with zero attached hydrogens (tertiary/aromatic N) is 1. The van der Waals surface area contributed by atoms with Crippen LogP contribution < -0.4 is 0 Å². The lowest BCUT2D eigenvalue weighted by molar-refractivity contribution is -0.134. The molecule has 0 aromatic heterocycles. The molecule has 0 saturated carbocycles. The molecule has 2 rings (SSSR count). The number of likely N-dealkylation sites (tertiary alicyclic amines) is 1. The van der Waals surface area contributed by atoms with Gasteiger partial charge in [0.15, 0.2) is 9.84 Å². The van der Waals surface area contributed by atoms with E-state index in [1.807, 2.05) is 12.1 Å². The molecule has 0 aliphatic carbocycles. The first-order chi connectivity index (χ1) is 11.2. The average Bonchev–Trinajstić information content (AvgIpc) is 2.49. The van der Waals surface area contributed by atoms with Gasteiger partial charge in [-0.05, 0) is 62.0 Å². The fourth-order valence-electron chi connectivity index (χ4n) is 2.95. The Morgan fingerprint density at radius 3 is 2.54 bits per heavy atom. The van der Waals surface area contributed by atoms with Crippen molar-refractivity contribution in [3.63, 3.8) is 0 Å². The van der Waals surface area contributed by atoms with E-state index in [0.29, 0.717) is 17.5 Å². The number of piperidine rings is 1. The summed E-state index contributed by atoms with van der Waals surface area (Å²) in [6.45, 7) is 2.01. The lowest BCUT2D eigenvalue weighted by atomic mass is 9.90. The first-order valence-electron chi connectivity index (χ1n) is 7.83. The third kappa shape index (κ3) is 6.24. The maximum Gasteiger partial charge on any atom is 0.318 e. The third-order valence-corrected chi connectivity index (χ3v) is 6.38. The Morgan fingerprint density at radius 2 is 1.92 bits per heavy atom. The summed E-state index contributed by atoms with van der Waals surface area (Å²) in [4.78, 5) is 12.6. The summed E-state index contributed by atoms with van der Waals surface area (Å²) in [6, 6.07) is 5.48. The molecule has 1 aromatic carbocycles. The molecule has 0 radical (unpaired) electrons. The third-order valence-electron chi connectivity index (χ3n) is 4.29. The molecule has 5 nitrogen and oxygen atoms in total. The van der Waals surface area contributed by atoms with E-state index < -0.39 is 21.6 Å². The molecule has 1 saturated heterocycles. The molecule has 1 aliphatic heterocycles. The summed E-state index contributed by atoms with van der Waals surface area (Å²) in [5, 5.41) is 9.99. The van der Waals surface area contributed by atoms with Crippen LogP contribution >= 0.6 is 23.2 Å². The Labute approximate surface area is 152 Å². The van der Waals surface area contributed by atoms with Crippen molar-refractivity contribution in [1.29, 1.82) is 0 Å². The predicted octanol–water partition coefficient (Wildman–Crippen LogP) is 2.75. The molecule has 24 heavy (non-hydrogen) atoms. The Hall–Kier alpha value is -0.820. The van der Waals surface area contributed by atoms with Crippen LogP contribution in [-0.4, -0.2) is 55.5 Å². The van der Waals surface area contributed by atoms with Gasteiger partial charge in [0.25, 0.3) is 0 Å². The minimum atomic E-state index is -3.53. The zero-order valence-electron chi connectivity index (χ0n) is 13.2. The zero-order valence-corrected chi connectivity index (χ0v) is 15.6. The number of carboxylic acid groups (broad SMARTS) is 1.